The van der Waals surface area contributed by atoms with Crippen molar-refractivity contribution in [1.29, 1.82) is 0 Å². The van der Waals surface area contributed by atoms with Crippen molar-refractivity contribution in [3.63, 3.8) is 0 Å². The molecule has 8 heteroatoms. The molecular weight excluding hydrogens is 422 g/mol. The minimum Gasteiger partial charge on any atom is -0.320 e. The first-order valence-electron chi connectivity index (χ1n) is 7.24. The van der Waals surface area contributed by atoms with E-state index in [-0.39, 0.29) is 21.9 Å². The summed E-state index contributed by atoms with van der Waals surface area (Å²) in [5.74, 6) is 0. The number of aryl methyl sites for hydroxylation is 1. The summed E-state index contributed by atoms with van der Waals surface area (Å²) in [4.78, 5) is 5.56. The fourth-order valence-electron chi connectivity index (χ4n) is 2.41. The van der Waals surface area contributed by atoms with Gasteiger partial charge in [-0.3, -0.25) is 0 Å². The molecule has 0 aliphatic carbocycles. The number of primary sulfonamides is 1. The van der Waals surface area contributed by atoms with E-state index in [4.69, 9.17) is 5.14 Å². The number of hydrogen-bond acceptors (Lipinski definition) is 4. The summed E-state index contributed by atoms with van der Waals surface area (Å²) in [5, 5.41) is 7.23. The van der Waals surface area contributed by atoms with Crippen LogP contribution in [0.3, 0.4) is 0 Å². The molecule has 0 atom stereocenters. The third-order valence-corrected chi connectivity index (χ3v) is 5.39. The summed E-state index contributed by atoms with van der Waals surface area (Å²) in [6.45, 7) is 1.85. The lowest BCUT2D eigenvalue weighted by molar-refractivity contribution is 0.597. The standard InChI is InChI=1S/C17H17N3O2S2.BrH/c1-12-8-13(10-15(9-12)24(18,21)22)16-11-23-17(20(16)2)19-14-6-4-3-5-7-14;/h3-11H,1-2H3,(H2,18,21,22);1H. The Morgan fingerprint density at radius 1 is 1.12 bits per heavy atom. The first-order chi connectivity index (χ1) is 11.3. The predicted molar refractivity (Wildman–Crippen MR) is 107 cm³/mol. The fourth-order valence-corrected chi connectivity index (χ4v) is 3.97. The molecule has 3 rings (SSSR count). The predicted octanol–water partition coefficient (Wildman–Crippen LogP) is 3.52. The summed E-state index contributed by atoms with van der Waals surface area (Å²) < 4.78 is 25.3. The molecule has 5 nitrogen and oxygen atoms in total. The van der Waals surface area contributed by atoms with Gasteiger partial charge in [0.05, 0.1) is 16.3 Å². The van der Waals surface area contributed by atoms with Gasteiger partial charge < -0.3 is 4.57 Å². The Morgan fingerprint density at radius 3 is 2.44 bits per heavy atom. The zero-order valence-electron chi connectivity index (χ0n) is 13.7. The van der Waals surface area contributed by atoms with Crippen molar-refractivity contribution < 1.29 is 8.42 Å². The van der Waals surface area contributed by atoms with Crippen LogP contribution in [0.4, 0.5) is 5.69 Å². The molecule has 0 bridgehead atoms. The number of nitrogens with zero attached hydrogens (tertiary/aromatic N) is 2. The van der Waals surface area contributed by atoms with Gasteiger partial charge in [-0.15, -0.1) is 28.3 Å². The molecule has 3 aromatic rings. The molecule has 1 aromatic heterocycles. The highest BCUT2D eigenvalue weighted by Gasteiger charge is 2.12. The molecule has 0 saturated heterocycles. The molecular formula is C17H18BrN3O2S2. The molecule has 0 amide bonds. The normalized spacial score (nSPS) is 12.0. The number of thiazole rings is 1. The van der Waals surface area contributed by atoms with Crippen molar-refractivity contribution in [2.24, 2.45) is 17.2 Å². The van der Waals surface area contributed by atoms with Gasteiger partial charge >= 0.3 is 0 Å². The number of rotatable bonds is 3. The molecule has 0 unspecified atom stereocenters. The molecule has 2 aromatic carbocycles. The first kappa shape index (κ1) is 19.6. The number of aromatic nitrogens is 1. The van der Waals surface area contributed by atoms with Crippen LogP contribution in [-0.4, -0.2) is 13.0 Å². The molecule has 132 valence electrons. The maximum atomic E-state index is 11.7. The van der Waals surface area contributed by atoms with E-state index in [2.05, 4.69) is 4.99 Å². The zero-order chi connectivity index (χ0) is 17.3. The van der Waals surface area contributed by atoms with Crippen LogP contribution in [0.1, 0.15) is 5.56 Å². The van der Waals surface area contributed by atoms with Gasteiger partial charge in [0.15, 0.2) is 4.80 Å². The lowest BCUT2D eigenvalue weighted by atomic mass is 10.1. The van der Waals surface area contributed by atoms with Crippen LogP contribution in [0.25, 0.3) is 11.3 Å². The van der Waals surface area contributed by atoms with E-state index in [1.54, 1.807) is 12.1 Å². The molecule has 0 aliphatic rings. The van der Waals surface area contributed by atoms with Gasteiger partial charge in [-0.05, 0) is 42.8 Å². The third-order valence-electron chi connectivity index (χ3n) is 3.58. The van der Waals surface area contributed by atoms with E-state index in [1.165, 1.54) is 11.3 Å². The minimum atomic E-state index is -3.74. The van der Waals surface area contributed by atoms with Crippen molar-refractivity contribution in [1.82, 2.24) is 4.57 Å². The van der Waals surface area contributed by atoms with Crippen LogP contribution in [0, 0.1) is 6.92 Å². The van der Waals surface area contributed by atoms with Crippen LogP contribution >= 0.6 is 28.3 Å². The average Bonchev–Trinajstić information content (AvgIpc) is 2.88. The topological polar surface area (TPSA) is 77.5 Å². The molecule has 0 spiro atoms. The second-order valence-corrected chi connectivity index (χ2v) is 7.89. The van der Waals surface area contributed by atoms with Gasteiger partial charge in [0.1, 0.15) is 0 Å². The zero-order valence-corrected chi connectivity index (χ0v) is 17.1. The van der Waals surface area contributed by atoms with Crippen LogP contribution in [0.5, 0.6) is 0 Å². The number of nitrogens with two attached hydrogens (primary N) is 1. The lowest BCUT2D eigenvalue weighted by Crippen LogP contribution is -2.13. The summed E-state index contributed by atoms with van der Waals surface area (Å²) in [6.07, 6.45) is 0. The number of benzene rings is 2. The Balaban J connectivity index is 0.00000225. The van der Waals surface area contributed by atoms with Gasteiger partial charge in [0.2, 0.25) is 10.0 Å². The Hall–Kier alpha value is -1.74. The minimum absolute atomic E-state index is 0. The second-order valence-electron chi connectivity index (χ2n) is 5.49. The Morgan fingerprint density at radius 2 is 1.80 bits per heavy atom. The summed E-state index contributed by atoms with van der Waals surface area (Å²) >= 11 is 1.50. The number of hydrogen-bond donors (Lipinski definition) is 1. The Labute approximate surface area is 161 Å². The van der Waals surface area contributed by atoms with Crippen LogP contribution in [0.15, 0.2) is 63.8 Å². The molecule has 0 radical (unpaired) electrons. The van der Waals surface area contributed by atoms with Crippen molar-refractivity contribution in [3.8, 4) is 11.3 Å². The van der Waals surface area contributed by atoms with Crippen LogP contribution in [-0.2, 0) is 17.1 Å². The SMILES string of the molecule is Br.Cc1cc(-c2csc(=Nc3ccccc3)n2C)cc(S(N)(=O)=O)c1. The highest BCUT2D eigenvalue weighted by Crippen LogP contribution is 2.24. The third kappa shape index (κ3) is 4.46. The van der Waals surface area contributed by atoms with Crippen molar-refractivity contribution >= 4 is 44.0 Å². The van der Waals surface area contributed by atoms with E-state index in [9.17, 15) is 8.42 Å². The van der Waals surface area contributed by atoms with E-state index < -0.39 is 10.0 Å². The van der Waals surface area contributed by atoms with E-state index >= 15 is 0 Å². The van der Waals surface area contributed by atoms with Crippen molar-refractivity contribution in [2.75, 3.05) is 0 Å². The van der Waals surface area contributed by atoms with Crippen molar-refractivity contribution in [3.05, 3.63) is 64.3 Å². The monoisotopic (exact) mass is 439 g/mol. The average molecular weight is 440 g/mol. The molecule has 1 heterocycles. The molecule has 0 saturated carbocycles. The van der Waals surface area contributed by atoms with Gasteiger partial charge in [-0.25, -0.2) is 18.5 Å². The smallest absolute Gasteiger partial charge is 0.238 e. The highest BCUT2D eigenvalue weighted by molar-refractivity contribution is 8.93. The second kappa shape index (κ2) is 7.65. The van der Waals surface area contributed by atoms with Crippen LogP contribution in [0.2, 0.25) is 0 Å². The van der Waals surface area contributed by atoms with Gasteiger partial charge in [-0.2, -0.15) is 0 Å². The first-order valence-corrected chi connectivity index (χ1v) is 9.66. The van der Waals surface area contributed by atoms with Gasteiger partial charge in [0.25, 0.3) is 0 Å². The van der Waals surface area contributed by atoms with Crippen molar-refractivity contribution in [2.45, 2.75) is 11.8 Å². The Bertz CT molecular complexity index is 1050. The molecule has 0 fully saturated rings. The lowest BCUT2D eigenvalue weighted by Gasteiger charge is -2.07. The van der Waals surface area contributed by atoms with E-state index in [1.807, 2.05) is 60.3 Å². The molecule has 2 N–H and O–H groups in total. The van der Waals surface area contributed by atoms with E-state index in [0.29, 0.717) is 0 Å². The Kier molecular flexibility index (Phi) is 5.99. The number of para-hydroxylation sites is 1. The highest BCUT2D eigenvalue weighted by atomic mass is 79.9. The summed E-state index contributed by atoms with van der Waals surface area (Å²) in [5.41, 5.74) is 3.40. The maximum absolute atomic E-state index is 11.7. The van der Waals surface area contributed by atoms with Crippen LogP contribution < -0.4 is 9.94 Å². The summed E-state index contributed by atoms with van der Waals surface area (Å²) in [7, 11) is -1.83. The van der Waals surface area contributed by atoms with Gasteiger partial charge in [-0.1, -0.05) is 18.2 Å². The molecule has 0 aliphatic heterocycles. The fraction of sp³-hybridized carbons (Fsp3) is 0.118. The largest absolute Gasteiger partial charge is 0.320 e. The quantitative estimate of drug-likeness (QED) is 0.677. The number of halogens is 1. The summed E-state index contributed by atoms with van der Waals surface area (Å²) in [6, 6.07) is 14.8. The van der Waals surface area contributed by atoms with Gasteiger partial charge in [0, 0.05) is 18.0 Å². The van der Waals surface area contributed by atoms with E-state index in [0.717, 1.165) is 27.3 Å². The number of sulfonamides is 1. The molecule has 25 heavy (non-hydrogen) atoms. The maximum Gasteiger partial charge on any atom is 0.238 e.